The monoisotopic (exact) mass is 591 g/mol. The molecular weight excluding hydrogens is 558 g/mol. The van der Waals surface area contributed by atoms with Gasteiger partial charge in [-0.2, -0.15) is 0 Å². The molecule has 0 unspecified atom stereocenters. The summed E-state index contributed by atoms with van der Waals surface area (Å²) in [5.74, 6) is 0.897. The minimum atomic E-state index is 0.897. The molecule has 0 N–H and O–H groups in total. The quantitative estimate of drug-likeness (QED) is 0.192. The van der Waals surface area contributed by atoms with Gasteiger partial charge in [-0.3, -0.25) is 4.57 Å². The molecule has 0 saturated carbocycles. The first kappa shape index (κ1) is 27.6. The number of rotatable bonds is 6. The molecule has 6 aromatic carbocycles. The van der Waals surface area contributed by atoms with E-state index in [1.54, 1.807) is 0 Å². The largest absolute Gasteiger partial charge is 0.310 e. The Morgan fingerprint density at radius 2 is 1.15 bits per heavy atom. The van der Waals surface area contributed by atoms with Crippen LogP contribution < -0.4 is 4.90 Å². The van der Waals surface area contributed by atoms with E-state index in [0.717, 1.165) is 45.2 Å². The summed E-state index contributed by atoms with van der Waals surface area (Å²) in [6, 6.07) is 58.3. The summed E-state index contributed by atoms with van der Waals surface area (Å²) < 4.78 is 2.30. The zero-order valence-corrected chi connectivity index (χ0v) is 25.9. The molecule has 220 valence electrons. The van der Waals surface area contributed by atoms with Crippen LogP contribution in [0.2, 0.25) is 0 Å². The van der Waals surface area contributed by atoms with Crippen molar-refractivity contribution >= 4 is 38.9 Å². The minimum absolute atomic E-state index is 0.897. The van der Waals surface area contributed by atoms with E-state index in [2.05, 4.69) is 181 Å². The van der Waals surface area contributed by atoms with Crippen molar-refractivity contribution in [3.05, 3.63) is 175 Å². The summed E-state index contributed by atoms with van der Waals surface area (Å²) in [5.41, 5.74) is 12.6. The summed E-state index contributed by atoms with van der Waals surface area (Å²) in [6.07, 6.45) is 0. The maximum Gasteiger partial charge on any atom is 0.138 e. The van der Waals surface area contributed by atoms with Crippen LogP contribution in [0.3, 0.4) is 0 Å². The molecule has 2 heterocycles. The van der Waals surface area contributed by atoms with E-state index in [9.17, 15) is 0 Å². The fraction of sp³-hybridized carbons (Fsp3) is 0.0465. The summed E-state index contributed by atoms with van der Waals surface area (Å²) in [7, 11) is 0. The first-order chi connectivity index (χ1) is 22.7. The Bertz CT molecular complexity index is 2310. The van der Waals surface area contributed by atoms with Gasteiger partial charge in [0, 0.05) is 27.7 Å². The molecule has 0 aliphatic rings. The second-order valence-electron chi connectivity index (χ2n) is 11.8. The van der Waals surface area contributed by atoms with Crippen LogP contribution in [0, 0.1) is 13.8 Å². The molecule has 0 atom stereocenters. The molecule has 3 nitrogen and oxygen atoms in total. The lowest BCUT2D eigenvalue weighted by Crippen LogP contribution is -2.10. The van der Waals surface area contributed by atoms with Crippen LogP contribution in [-0.2, 0) is 0 Å². The van der Waals surface area contributed by atoms with Gasteiger partial charge in [-0.25, -0.2) is 4.98 Å². The Labute approximate surface area is 269 Å². The molecular formula is C43H33N3. The van der Waals surface area contributed by atoms with Crippen LogP contribution in [0.15, 0.2) is 164 Å². The van der Waals surface area contributed by atoms with Gasteiger partial charge in [0.25, 0.3) is 0 Å². The Morgan fingerprint density at radius 3 is 1.93 bits per heavy atom. The lowest BCUT2D eigenvalue weighted by atomic mass is 10.00. The summed E-state index contributed by atoms with van der Waals surface area (Å²) in [5, 5.41) is 2.38. The highest BCUT2D eigenvalue weighted by Crippen LogP contribution is 2.44. The van der Waals surface area contributed by atoms with E-state index in [4.69, 9.17) is 4.98 Å². The predicted octanol–water partition coefficient (Wildman–Crippen LogP) is 11.6. The van der Waals surface area contributed by atoms with Crippen molar-refractivity contribution in [1.82, 2.24) is 9.55 Å². The first-order valence-electron chi connectivity index (χ1n) is 15.7. The number of benzene rings is 6. The number of para-hydroxylation sites is 1. The molecule has 46 heavy (non-hydrogen) atoms. The molecule has 0 saturated heterocycles. The third kappa shape index (κ3) is 4.83. The average Bonchev–Trinajstić information content (AvgIpc) is 3.45. The topological polar surface area (TPSA) is 21.1 Å². The molecule has 0 spiro atoms. The van der Waals surface area contributed by atoms with Crippen LogP contribution in [-0.4, -0.2) is 9.55 Å². The fourth-order valence-corrected chi connectivity index (χ4v) is 6.56. The number of hydrogen-bond donors (Lipinski definition) is 0. The van der Waals surface area contributed by atoms with Crippen molar-refractivity contribution in [2.75, 3.05) is 4.90 Å². The van der Waals surface area contributed by atoms with Gasteiger partial charge in [0.1, 0.15) is 5.82 Å². The highest BCUT2D eigenvalue weighted by Gasteiger charge is 2.21. The smallest absolute Gasteiger partial charge is 0.138 e. The van der Waals surface area contributed by atoms with Gasteiger partial charge in [0.2, 0.25) is 0 Å². The average molecular weight is 592 g/mol. The van der Waals surface area contributed by atoms with E-state index < -0.39 is 0 Å². The van der Waals surface area contributed by atoms with E-state index in [-0.39, 0.29) is 0 Å². The van der Waals surface area contributed by atoms with Crippen LogP contribution in [0.4, 0.5) is 17.1 Å². The van der Waals surface area contributed by atoms with Crippen LogP contribution in [0.1, 0.15) is 11.1 Å². The number of hydrogen-bond acceptors (Lipinski definition) is 2. The van der Waals surface area contributed by atoms with Gasteiger partial charge >= 0.3 is 0 Å². The van der Waals surface area contributed by atoms with Crippen molar-refractivity contribution in [3.63, 3.8) is 0 Å². The number of aryl methyl sites for hydroxylation is 2. The minimum Gasteiger partial charge on any atom is -0.310 e. The van der Waals surface area contributed by atoms with Gasteiger partial charge in [-0.05, 0) is 85.1 Å². The summed E-state index contributed by atoms with van der Waals surface area (Å²) in [4.78, 5) is 7.56. The first-order valence-corrected chi connectivity index (χ1v) is 15.7. The van der Waals surface area contributed by atoms with Crippen LogP contribution in [0.25, 0.3) is 50.0 Å². The Morgan fingerprint density at radius 1 is 0.500 bits per heavy atom. The van der Waals surface area contributed by atoms with Crippen molar-refractivity contribution in [1.29, 1.82) is 0 Å². The molecule has 8 rings (SSSR count). The normalized spacial score (nSPS) is 11.3. The van der Waals surface area contributed by atoms with Crippen molar-refractivity contribution in [3.8, 4) is 28.2 Å². The van der Waals surface area contributed by atoms with Gasteiger partial charge < -0.3 is 4.90 Å². The predicted molar refractivity (Wildman–Crippen MR) is 194 cm³/mol. The molecule has 0 radical (unpaired) electrons. The van der Waals surface area contributed by atoms with Crippen LogP contribution in [0.5, 0.6) is 0 Å². The fourth-order valence-electron chi connectivity index (χ4n) is 6.56. The highest BCUT2D eigenvalue weighted by molar-refractivity contribution is 6.16. The lowest BCUT2D eigenvalue weighted by Gasteiger charge is -2.27. The second-order valence-corrected chi connectivity index (χ2v) is 11.8. The Hall–Kier alpha value is -5.93. The summed E-state index contributed by atoms with van der Waals surface area (Å²) in [6.45, 7) is 4.30. The molecule has 8 aromatic rings. The molecule has 0 fully saturated rings. The third-order valence-electron chi connectivity index (χ3n) is 8.82. The molecule has 3 heteroatoms. The zero-order valence-electron chi connectivity index (χ0n) is 25.9. The van der Waals surface area contributed by atoms with E-state index in [1.165, 1.54) is 33.0 Å². The number of anilines is 3. The second kappa shape index (κ2) is 11.5. The molecule has 2 aromatic heterocycles. The van der Waals surface area contributed by atoms with Gasteiger partial charge in [0.15, 0.2) is 0 Å². The number of pyridine rings is 1. The maximum atomic E-state index is 5.18. The van der Waals surface area contributed by atoms with Gasteiger partial charge in [-0.15, -0.1) is 0 Å². The van der Waals surface area contributed by atoms with E-state index >= 15 is 0 Å². The Balaban J connectivity index is 1.35. The van der Waals surface area contributed by atoms with Crippen molar-refractivity contribution in [2.24, 2.45) is 0 Å². The van der Waals surface area contributed by atoms with Gasteiger partial charge in [-0.1, -0.05) is 115 Å². The summed E-state index contributed by atoms with van der Waals surface area (Å²) >= 11 is 0. The maximum absolute atomic E-state index is 5.18. The number of nitrogens with zero attached hydrogens (tertiary/aromatic N) is 3. The Kier molecular flexibility index (Phi) is 6.92. The lowest BCUT2D eigenvalue weighted by molar-refractivity contribution is 1.08. The van der Waals surface area contributed by atoms with E-state index in [0.29, 0.717) is 0 Å². The number of fused-ring (bicyclic) bond motifs is 3. The standard InChI is InChI=1S/C43H33N3/c1-30-22-26-34(27-23-30)45(35-28-24-32(25-29-35)36-15-7-6-12-31(36)2)40-19-11-20-41-43(40)37-16-8-9-18-39(37)46(41)42-21-10-17-38(44-42)33-13-4-3-5-14-33/h3-29H,1-2H3. The molecule has 0 bridgehead atoms. The van der Waals surface area contributed by atoms with Crippen molar-refractivity contribution in [2.45, 2.75) is 13.8 Å². The van der Waals surface area contributed by atoms with Crippen LogP contribution >= 0.6 is 0 Å². The zero-order chi connectivity index (χ0) is 31.0. The molecule has 0 aliphatic carbocycles. The SMILES string of the molecule is Cc1ccc(N(c2ccc(-c3ccccc3C)cc2)c2cccc3c2c2ccccc2n3-c2cccc(-c3ccccc3)n2)cc1. The third-order valence-corrected chi connectivity index (χ3v) is 8.82. The van der Waals surface area contributed by atoms with Crippen molar-refractivity contribution < 1.29 is 0 Å². The van der Waals surface area contributed by atoms with E-state index in [1.807, 2.05) is 6.07 Å². The highest BCUT2D eigenvalue weighted by atomic mass is 15.2. The molecule has 0 aliphatic heterocycles. The molecule has 0 amide bonds. The number of aromatic nitrogens is 2. The van der Waals surface area contributed by atoms with Gasteiger partial charge in [0.05, 0.1) is 22.4 Å².